The third-order valence-electron chi connectivity index (χ3n) is 4.30. The number of hydrogen-bond acceptors (Lipinski definition) is 3. The van der Waals surface area contributed by atoms with E-state index in [1.54, 1.807) is 7.11 Å². The van der Waals surface area contributed by atoms with Gasteiger partial charge in [-0.2, -0.15) is 0 Å². The van der Waals surface area contributed by atoms with Gasteiger partial charge in [0.15, 0.2) is 0 Å². The third-order valence-corrected chi connectivity index (χ3v) is 4.30. The molecule has 3 heteroatoms. The van der Waals surface area contributed by atoms with Crippen molar-refractivity contribution < 1.29 is 9.47 Å². The van der Waals surface area contributed by atoms with Crippen LogP contribution in [0.25, 0.3) is 0 Å². The predicted molar refractivity (Wildman–Crippen MR) is 86.8 cm³/mol. The van der Waals surface area contributed by atoms with Gasteiger partial charge in [-0.1, -0.05) is 38.3 Å². The molecule has 21 heavy (non-hydrogen) atoms. The SMILES string of the molecule is CCNCC(OCC1CCCCC1)c1cccc(OC)c1. The number of methoxy groups -OCH3 is 1. The van der Waals surface area contributed by atoms with Crippen LogP contribution in [0.1, 0.15) is 50.7 Å². The monoisotopic (exact) mass is 291 g/mol. The Labute approximate surface area is 129 Å². The van der Waals surface area contributed by atoms with Crippen molar-refractivity contribution in [2.24, 2.45) is 5.92 Å². The highest BCUT2D eigenvalue weighted by molar-refractivity contribution is 5.30. The summed E-state index contributed by atoms with van der Waals surface area (Å²) in [6.07, 6.45) is 6.89. The van der Waals surface area contributed by atoms with Gasteiger partial charge < -0.3 is 14.8 Å². The Morgan fingerprint density at radius 1 is 1.24 bits per heavy atom. The standard InChI is InChI=1S/C18H29NO2/c1-3-19-13-18(16-10-7-11-17(12-16)20-2)21-14-15-8-5-4-6-9-15/h7,10-12,15,18-19H,3-6,8-9,13-14H2,1-2H3. The molecule has 1 aliphatic rings. The van der Waals surface area contributed by atoms with Crippen LogP contribution < -0.4 is 10.1 Å². The molecular formula is C18H29NO2. The molecule has 1 saturated carbocycles. The van der Waals surface area contributed by atoms with Crippen molar-refractivity contribution in [3.05, 3.63) is 29.8 Å². The third kappa shape index (κ3) is 5.33. The van der Waals surface area contributed by atoms with Gasteiger partial charge in [0.05, 0.1) is 19.8 Å². The molecule has 118 valence electrons. The Kier molecular flexibility index (Phi) is 7.04. The fourth-order valence-corrected chi connectivity index (χ4v) is 3.00. The second-order valence-corrected chi connectivity index (χ2v) is 5.91. The first-order chi connectivity index (χ1) is 10.3. The van der Waals surface area contributed by atoms with E-state index in [1.807, 2.05) is 12.1 Å². The molecule has 3 nitrogen and oxygen atoms in total. The molecule has 0 spiro atoms. The molecule has 0 aromatic heterocycles. The van der Waals surface area contributed by atoms with E-state index in [-0.39, 0.29) is 6.10 Å². The molecule has 0 saturated heterocycles. The van der Waals surface area contributed by atoms with Crippen LogP contribution in [0.2, 0.25) is 0 Å². The largest absolute Gasteiger partial charge is 0.497 e. The van der Waals surface area contributed by atoms with Crippen LogP contribution in [0, 0.1) is 5.92 Å². The van der Waals surface area contributed by atoms with Crippen molar-refractivity contribution in [2.75, 3.05) is 26.8 Å². The van der Waals surface area contributed by atoms with Crippen LogP contribution in [0.4, 0.5) is 0 Å². The molecule has 1 fully saturated rings. The Balaban J connectivity index is 1.95. The normalized spacial score (nSPS) is 17.6. The summed E-state index contributed by atoms with van der Waals surface area (Å²) >= 11 is 0. The minimum atomic E-state index is 0.113. The molecule has 1 atom stereocenters. The molecule has 1 unspecified atom stereocenters. The van der Waals surface area contributed by atoms with Gasteiger partial charge in [-0.15, -0.1) is 0 Å². The predicted octanol–water partition coefficient (Wildman–Crippen LogP) is 3.94. The molecule has 0 radical (unpaired) electrons. The maximum Gasteiger partial charge on any atom is 0.119 e. The fraction of sp³-hybridized carbons (Fsp3) is 0.667. The first-order valence-electron chi connectivity index (χ1n) is 8.29. The zero-order valence-corrected chi connectivity index (χ0v) is 13.4. The average molecular weight is 291 g/mol. The number of nitrogens with one attached hydrogen (secondary N) is 1. The lowest BCUT2D eigenvalue weighted by Gasteiger charge is -2.25. The van der Waals surface area contributed by atoms with Crippen molar-refractivity contribution in [3.8, 4) is 5.75 Å². The maximum atomic E-state index is 6.25. The minimum Gasteiger partial charge on any atom is -0.497 e. The van der Waals surface area contributed by atoms with Crippen molar-refractivity contribution in [3.63, 3.8) is 0 Å². The summed E-state index contributed by atoms with van der Waals surface area (Å²) in [6, 6.07) is 8.24. The number of benzene rings is 1. The van der Waals surface area contributed by atoms with E-state index in [1.165, 1.54) is 37.7 Å². The Morgan fingerprint density at radius 2 is 2.05 bits per heavy atom. The summed E-state index contributed by atoms with van der Waals surface area (Å²) in [7, 11) is 1.71. The molecule has 2 rings (SSSR count). The van der Waals surface area contributed by atoms with Gasteiger partial charge in [-0.25, -0.2) is 0 Å². The van der Waals surface area contributed by atoms with E-state index in [0.29, 0.717) is 0 Å². The fourth-order valence-electron chi connectivity index (χ4n) is 3.00. The van der Waals surface area contributed by atoms with Gasteiger partial charge in [0, 0.05) is 6.54 Å². The second kappa shape index (κ2) is 9.06. The quantitative estimate of drug-likeness (QED) is 0.787. The number of rotatable bonds is 8. The molecule has 0 heterocycles. The van der Waals surface area contributed by atoms with E-state index < -0.39 is 0 Å². The second-order valence-electron chi connectivity index (χ2n) is 5.91. The zero-order chi connectivity index (χ0) is 14.9. The Hall–Kier alpha value is -1.06. The summed E-state index contributed by atoms with van der Waals surface area (Å²) in [5.74, 6) is 1.64. The molecule has 1 aliphatic carbocycles. The summed E-state index contributed by atoms with van der Waals surface area (Å²) in [6.45, 7) is 4.83. The maximum absolute atomic E-state index is 6.25. The van der Waals surface area contributed by atoms with E-state index in [0.717, 1.165) is 31.4 Å². The molecule has 1 N–H and O–H groups in total. The highest BCUT2D eigenvalue weighted by Crippen LogP contribution is 2.27. The average Bonchev–Trinajstić information content (AvgIpc) is 2.56. The van der Waals surface area contributed by atoms with Gasteiger partial charge in [-0.3, -0.25) is 0 Å². The van der Waals surface area contributed by atoms with Crippen LogP contribution >= 0.6 is 0 Å². The molecule has 0 bridgehead atoms. The lowest BCUT2D eigenvalue weighted by atomic mass is 9.90. The van der Waals surface area contributed by atoms with Gasteiger partial charge in [0.2, 0.25) is 0 Å². The van der Waals surface area contributed by atoms with Gasteiger partial charge >= 0.3 is 0 Å². The molecule has 0 amide bonds. The Morgan fingerprint density at radius 3 is 2.76 bits per heavy atom. The van der Waals surface area contributed by atoms with Crippen molar-refractivity contribution in [2.45, 2.75) is 45.1 Å². The zero-order valence-electron chi connectivity index (χ0n) is 13.4. The lowest BCUT2D eigenvalue weighted by molar-refractivity contribution is 0.0201. The summed E-state index contributed by atoms with van der Waals surface area (Å²) in [5, 5.41) is 3.41. The van der Waals surface area contributed by atoms with Gasteiger partial charge in [0.1, 0.15) is 5.75 Å². The van der Waals surface area contributed by atoms with Crippen molar-refractivity contribution >= 4 is 0 Å². The van der Waals surface area contributed by atoms with Crippen LogP contribution in [-0.2, 0) is 4.74 Å². The van der Waals surface area contributed by atoms with E-state index in [4.69, 9.17) is 9.47 Å². The first kappa shape index (κ1) is 16.3. The van der Waals surface area contributed by atoms with Gasteiger partial charge in [0.25, 0.3) is 0 Å². The van der Waals surface area contributed by atoms with Gasteiger partial charge in [-0.05, 0) is 43.0 Å². The van der Waals surface area contributed by atoms with Crippen LogP contribution in [-0.4, -0.2) is 26.8 Å². The number of ether oxygens (including phenoxy) is 2. The number of likely N-dealkylation sites (N-methyl/N-ethyl adjacent to an activating group) is 1. The molecule has 1 aromatic rings. The van der Waals surface area contributed by atoms with Crippen molar-refractivity contribution in [1.29, 1.82) is 0 Å². The van der Waals surface area contributed by atoms with E-state index in [9.17, 15) is 0 Å². The highest BCUT2D eigenvalue weighted by atomic mass is 16.5. The Bertz CT molecular complexity index is 402. The van der Waals surface area contributed by atoms with Crippen LogP contribution in [0.15, 0.2) is 24.3 Å². The summed E-state index contributed by atoms with van der Waals surface area (Å²) in [4.78, 5) is 0. The topological polar surface area (TPSA) is 30.5 Å². The molecule has 1 aromatic carbocycles. The summed E-state index contributed by atoms with van der Waals surface area (Å²) < 4.78 is 11.6. The van der Waals surface area contributed by atoms with E-state index in [2.05, 4.69) is 24.4 Å². The van der Waals surface area contributed by atoms with Crippen molar-refractivity contribution in [1.82, 2.24) is 5.32 Å². The van der Waals surface area contributed by atoms with Crippen LogP contribution in [0.3, 0.4) is 0 Å². The minimum absolute atomic E-state index is 0.113. The molecular weight excluding hydrogens is 262 g/mol. The number of hydrogen-bond donors (Lipinski definition) is 1. The van der Waals surface area contributed by atoms with Crippen LogP contribution in [0.5, 0.6) is 5.75 Å². The smallest absolute Gasteiger partial charge is 0.119 e. The highest BCUT2D eigenvalue weighted by Gasteiger charge is 2.18. The summed E-state index contributed by atoms with van der Waals surface area (Å²) in [5.41, 5.74) is 1.20. The lowest BCUT2D eigenvalue weighted by Crippen LogP contribution is -2.25. The first-order valence-corrected chi connectivity index (χ1v) is 8.29. The molecule has 0 aliphatic heterocycles. The van der Waals surface area contributed by atoms with E-state index >= 15 is 0 Å².